The van der Waals surface area contributed by atoms with E-state index in [9.17, 15) is 9.90 Å². The highest BCUT2D eigenvalue weighted by Crippen LogP contribution is 2.33. The zero-order valence-corrected chi connectivity index (χ0v) is 14.4. The Bertz CT molecular complexity index is 633. The summed E-state index contributed by atoms with van der Waals surface area (Å²) < 4.78 is 5.92. The van der Waals surface area contributed by atoms with Crippen LogP contribution in [0, 0.1) is 0 Å². The third kappa shape index (κ3) is 3.98. The number of halogens is 2. The van der Waals surface area contributed by atoms with Crippen molar-refractivity contribution < 1.29 is 14.6 Å². The molecule has 21 heavy (non-hydrogen) atoms. The summed E-state index contributed by atoms with van der Waals surface area (Å²) in [5.74, 6) is -0.172. The summed E-state index contributed by atoms with van der Waals surface area (Å²) in [5.41, 5.74) is 2.41. The predicted molar refractivity (Wildman–Crippen MR) is 88.6 cm³/mol. The van der Waals surface area contributed by atoms with Crippen molar-refractivity contribution in [3.8, 4) is 5.75 Å². The Morgan fingerprint density at radius 3 is 2.29 bits per heavy atom. The van der Waals surface area contributed by atoms with Gasteiger partial charge in [-0.15, -0.1) is 0 Å². The van der Waals surface area contributed by atoms with Crippen molar-refractivity contribution in [1.29, 1.82) is 0 Å². The molecule has 0 fully saturated rings. The Kier molecular flexibility index (Phi) is 5.25. The fourth-order valence-corrected chi connectivity index (χ4v) is 3.05. The largest absolute Gasteiger partial charge is 0.506 e. The van der Waals surface area contributed by atoms with E-state index in [4.69, 9.17) is 0 Å². The van der Waals surface area contributed by atoms with E-state index in [0.717, 1.165) is 11.3 Å². The first-order valence-corrected chi connectivity index (χ1v) is 7.69. The summed E-state index contributed by atoms with van der Waals surface area (Å²) in [6, 6.07) is 10.7. The van der Waals surface area contributed by atoms with E-state index in [-0.39, 0.29) is 11.7 Å². The van der Waals surface area contributed by atoms with Gasteiger partial charge in [0, 0.05) is 12.2 Å². The number of carbonyl (C=O) groups is 1. The molecule has 0 atom stereocenters. The average Bonchev–Trinajstić information content (AvgIpc) is 2.50. The normalized spacial score (nSPS) is 10.2. The highest BCUT2D eigenvalue weighted by molar-refractivity contribution is 9.11. The quantitative estimate of drug-likeness (QED) is 0.731. The standard InChI is InChI=1S/C15H13Br2NO3/c1-21-15(20)10-2-4-11(5-3-10)18-8-9-6-12(16)14(19)13(17)7-9/h2-7,18-19H,8H2,1H3. The molecule has 6 heteroatoms. The van der Waals surface area contributed by atoms with Crippen molar-refractivity contribution in [2.24, 2.45) is 0 Å². The van der Waals surface area contributed by atoms with Gasteiger partial charge in [-0.2, -0.15) is 0 Å². The molecule has 0 aliphatic rings. The van der Waals surface area contributed by atoms with Crippen molar-refractivity contribution in [3.05, 3.63) is 56.5 Å². The second kappa shape index (κ2) is 6.95. The fraction of sp³-hybridized carbons (Fsp3) is 0.133. The van der Waals surface area contributed by atoms with Crippen LogP contribution in [-0.2, 0) is 11.3 Å². The van der Waals surface area contributed by atoms with Gasteiger partial charge in [0.05, 0.1) is 21.6 Å². The van der Waals surface area contributed by atoms with Gasteiger partial charge in [0.1, 0.15) is 5.75 Å². The van der Waals surface area contributed by atoms with Crippen LogP contribution in [-0.4, -0.2) is 18.2 Å². The van der Waals surface area contributed by atoms with E-state index >= 15 is 0 Å². The summed E-state index contributed by atoms with van der Waals surface area (Å²) in [4.78, 5) is 11.3. The first kappa shape index (κ1) is 15.9. The lowest BCUT2D eigenvalue weighted by molar-refractivity contribution is 0.0601. The molecule has 2 aromatic carbocycles. The van der Waals surface area contributed by atoms with Crippen molar-refractivity contribution in [3.63, 3.8) is 0 Å². The molecular formula is C15H13Br2NO3. The van der Waals surface area contributed by atoms with Crippen LogP contribution >= 0.6 is 31.9 Å². The molecule has 0 saturated heterocycles. The summed E-state index contributed by atoms with van der Waals surface area (Å²) in [6.45, 7) is 0.592. The number of carbonyl (C=O) groups excluding carboxylic acids is 1. The maximum Gasteiger partial charge on any atom is 0.337 e. The zero-order valence-electron chi connectivity index (χ0n) is 11.2. The van der Waals surface area contributed by atoms with Crippen LogP contribution in [0.2, 0.25) is 0 Å². The molecule has 2 N–H and O–H groups in total. The highest BCUT2D eigenvalue weighted by atomic mass is 79.9. The number of phenolic OH excluding ortho intramolecular Hbond substituents is 1. The van der Waals surface area contributed by atoms with E-state index in [1.165, 1.54) is 7.11 Å². The topological polar surface area (TPSA) is 58.6 Å². The number of hydrogen-bond donors (Lipinski definition) is 2. The minimum atomic E-state index is -0.354. The van der Waals surface area contributed by atoms with Gasteiger partial charge >= 0.3 is 5.97 Å². The number of phenols is 1. The number of ether oxygens (including phenoxy) is 1. The Labute approximate surface area is 139 Å². The molecule has 0 heterocycles. The predicted octanol–water partition coefficient (Wildman–Crippen LogP) is 4.32. The first-order valence-electron chi connectivity index (χ1n) is 6.10. The molecule has 0 saturated carbocycles. The SMILES string of the molecule is COC(=O)c1ccc(NCc2cc(Br)c(O)c(Br)c2)cc1. The van der Waals surface area contributed by atoms with Gasteiger partial charge in [-0.05, 0) is 73.8 Å². The van der Waals surface area contributed by atoms with E-state index in [0.29, 0.717) is 21.1 Å². The molecule has 0 aliphatic heterocycles. The number of esters is 1. The van der Waals surface area contributed by atoms with Crippen molar-refractivity contribution >= 4 is 43.5 Å². The van der Waals surface area contributed by atoms with Crippen LogP contribution in [0.15, 0.2) is 45.3 Å². The van der Waals surface area contributed by atoms with Gasteiger partial charge in [0.2, 0.25) is 0 Å². The molecule has 110 valence electrons. The van der Waals surface area contributed by atoms with Gasteiger partial charge in [-0.25, -0.2) is 4.79 Å². The molecule has 0 aromatic heterocycles. The molecule has 0 amide bonds. The molecule has 0 aliphatic carbocycles. The molecule has 0 radical (unpaired) electrons. The van der Waals surface area contributed by atoms with Crippen LogP contribution in [0.4, 0.5) is 5.69 Å². The summed E-state index contributed by atoms with van der Waals surface area (Å²) in [5, 5.41) is 12.9. The second-order valence-electron chi connectivity index (χ2n) is 4.33. The summed E-state index contributed by atoms with van der Waals surface area (Å²) in [7, 11) is 1.36. The lowest BCUT2D eigenvalue weighted by Gasteiger charge is -2.09. The Morgan fingerprint density at radius 1 is 1.19 bits per heavy atom. The molecule has 2 aromatic rings. The summed E-state index contributed by atoms with van der Waals surface area (Å²) in [6.07, 6.45) is 0. The number of aromatic hydroxyl groups is 1. The van der Waals surface area contributed by atoms with Crippen LogP contribution in [0.3, 0.4) is 0 Å². The molecular weight excluding hydrogens is 402 g/mol. The number of hydrogen-bond acceptors (Lipinski definition) is 4. The molecule has 2 rings (SSSR count). The van der Waals surface area contributed by atoms with Gasteiger partial charge in [0.25, 0.3) is 0 Å². The highest BCUT2D eigenvalue weighted by Gasteiger charge is 2.07. The van der Waals surface area contributed by atoms with E-state index in [1.807, 2.05) is 24.3 Å². The van der Waals surface area contributed by atoms with Crippen molar-refractivity contribution in [1.82, 2.24) is 0 Å². The lowest BCUT2D eigenvalue weighted by Crippen LogP contribution is -2.02. The van der Waals surface area contributed by atoms with Gasteiger partial charge in [0.15, 0.2) is 0 Å². The number of nitrogens with one attached hydrogen (secondary N) is 1. The minimum Gasteiger partial charge on any atom is -0.506 e. The number of benzene rings is 2. The van der Waals surface area contributed by atoms with Gasteiger partial charge < -0.3 is 15.2 Å². The molecule has 0 spiro atoms. The van der Waals surface area contributed by atoms with E-state index in [1.54, 1.807) is 12.1 Å². The third-order valence-corrected chi connectivity index (χ3v) is 4.09. The maximum absolute atomic E-state index is 11.3. The third-order valence-electron chi connectivity index (χ3n) is 2.88. The molecule has 0 unspecified atom stereocenters. The fourth-order valence-electron chi connectivity index (χ4n) is 1.77. The smallest absolute Gasteiger partial charge is 0.337 e. The van der Waals surface area contributed by atoms with Crippen LogP contribution in [0.25, 0.3) is 0 Å². The lowest BCUT2D eigenvalue weighted by atomic mass is 10.2. The zero-order chi connectivity index (χ0) is 15.4. The van der Waals surface area contributed by atoms with Gasteiger partial charge in [-0.3, -0.25) is 0 Å². The van der Waals surface area contributed by atoms with Gasteiger partial charge in [-0.1, -0.05) is 0 Å². The number of methoxy groups -OCH3 is 1. The van der Waals surface area contributed by atoms with Crippen LogP contribution in [0.5, 0.6) is 5.75 Å². The Hall–Kier alpha value is -1.53. The molecule has 4 nitrogen and oxygen atoms in total. The number of anilines is 1. The monoisotopic (exact) mass is 413 g/mol. The van der Waals surface area contributed by atoms with E-state index < -0.39 is 0 Å². The second-order valence-corrected chi connectivity index (χ2v) is 6.04. The maximum atomic E-state index is 11.3. The van der Waals surface area contributed by atoms with Crippen molar-refractivity contribution in [2.45, 2.75) is 6.54 Å². The molecule has 0 bridgehead atoms. The number of rotatable bonds is 4. The van der Waals surface area contributed by atoms with E-state index in [2.05, 4.69) is 41.9 Å². The first-order chi connectivity index (χ1) is 10.0. The van der Waals surface area contributed by atoms with Crippen LogP contribution in [0.1, 0.15) is 15.9 Å². The summed E-state index contributed by atoms with van der Waals surface area (Å²) >= 11 is 6.59. The minimum absolute atomic E-state index is 0.182. The Balaban J connectivity index is 2.05. The Morgan fingerprint density at radius 2 is 1.76 bits per heavy atom. The average molecular weight is 415 g/mol. The van der Waals surface area contributed by atoms with Crippen LogP contribution < -0.4 is 5.32 Å². The van der Waals surface area contributed by atoms with Crippen molar-refractivity contribution in [2.75, 3.05) is 12.4 Å².